The molecule has 0 aliphatic carbocycles. The Balaban J connectivity index is 1.53. The van der Waals surface area contributed by atoms with Crippen molar-refractivity contribution in [2.45, 2.75) is 26.5 Å². The van der Waals surface area contributed by atoms with Gasteiger partial charge in [0.2, 0.25) is 0 Å². The Morgan fingerprint density at radius 3 is 2.32 bits per heavy atom. The average molecular weight is 510 g/mol. The first-order chi connectivity index (χ1) is 18.4. The Morgan fingerprint density at radius 2 is 1.68 bits per heavy atom. The molecule has 1 atom stereocenters. The Labute approximate surface area is 220 Å². The predicted octanol–water partition coefficient (Wildman–Crippen LogP) is 6.11. The number of methoxy groups -OCH3 is 1. The molecule has 1 N–H and O–H groups in total. The van der Waals surface area contributed by atoms with E-state index in [-0.39, 0.29) is 11.3 Å². The van der Waals surface area contributed by atoms with E-state index in [4.69, 9.17) is 13.9 Å². The second kappa shape index (κ2) is 10.3. The lowest BCUT2D eigenvalue weighted by atomic mass is 9.98. The summed E-state index contributed by atoms with van der Waals surface area (Å²) in [5, 5.41) is 11.4. The van der Waals surface area contributed by atoms with Crippen molar-refractivity contribution in [2.75, 3.05) is 12.0 Å². The Bertz CT molecular complexity index is 1520. The van der Waals surface area contributed by atoms with Gasteiger partial charge in [-0.25, -0.2) is 0 Å². The fourth-order valence-corrected chi connectivity index (χ4v) is 4.56. The van der Waals surface area contributed by atoms with Crippen LogP contribution in [-0.2, 0) is 16.2 Å². The summed E-state index contributed by atoms with van der Waals surface area (Å²) in [6.45, 7) is 4.04. The number of nitrogens with zero attached hydrogens (tertiary/aromatic N) is 1. The van der Waals surface area contributed by atoms with Crippen LogP contribution in [0.3, 0.4) is 0 Å². The lowest BCUT2D eigenvalue weighted by Crippen LogP contribution is -2.29. The maximum absolute atomic E-state index is 13.3. The van der Waals surface area contributed by atoms with Crippen LogP contribution in [0, 0.1) is 13.8 Å². The zero-order valence-corrected chi connectivity index (χ0v) is 21.3. The molecular formula is C31H27NO6. The summed E-state index contributed by atoms with van der Waals surface area (Å²) in [6.07, 6.45) is 0. The largest absolute Gasteiger partial charge is 0.507 e. The Morgan fingerprint density at radius 1 is 0.947 bits per heavy atom. The van der Waals surface area contributed by atoms with Gasteiger partial charge in [-0.15, -0.1) is 0 Å². The summed E-state index contributed by atoms with van der Waals surface area (Å²) in [5.41, 5.74) is 2.64. The number of rotatable bonds is 7. The molecule has 0 spiro atoms. The summed E-state index contributed by atoms with van der Waals surface area (Å²) < 4.78 is 17.0. The van der Waals surface area contributed by atoms with E-state index in [1.807, 2.05) is 37.3 Å². The molecule has 5 rings (SSSR count). The van der Waals surface area contributed by atoms with Gasteiger partial charge in [0, 0.05) is 11.3 Å². The van der Waals surface area contributed by atoms with Crippen LogP contribution in [0.4, 0.5) is 5.69 Å². The smallest absolute Gasteiger partial charge is 0.300 e. The molecule has 0 radical (unpaired) electrons. The SMILES string of the molecule is COc1ccc(N2C(=O)C(=O)/C(=C(\O)c3ccc(OCc4ccccc4)c(C)c3)C2c2ccc(C)o2)cc1. The third-order valence-corrected chi connectivity index (χ3v) is 6.51. The van der Waals surface area contributed by atoms with Crippen molar-refractivity contribution in [3.8, 4) is 11.5 Å². The normalized spacial score (nSPS) is 16.6. The van der Waals surface area contributed by atoms with E-state index in [0.29, 0.717) is 40.9 Å². The van der Waals surface area contributed by atoms with Crippen LogP contribution in [0.15, 0.2) is 94.9 Å². The minimum Gasteiger partial charge on any atom is -0.507 e. The van der Waals surface area contributed by atoms with Crippen molar-refractivity contribution in [2.24, 2.45) is 0 Å². The molecule has 3 aromatic carbocycles. The minimum atomic E-state index is -0.939. The lowest BCUT2D eigenvalue weighted by Gasteiger charge is -2.23. The number of ketones is 1. The topological polar surface area (TPSA) is 89.2 Å². The van der Waals surface area contributed by atoms with Crippen molar-refractivity contribution in [1.29, 1.82) is 0 Å². The second-order valence-corrected chi connectivity index (χ2v) is 9.07. The molecule has 38 heavy (non-hydrogen) atoms. The Kier molecular flexibility index (Phi) is 6.75. The summed E-state index contributed by atoms with van der Waals surface area (Å²) in [6, 6.07) is 24.3. The van der Waals surface area contributed by atoms with Gasteiger partial charge >= 0.3 is 0 Å². The van der Waals surface area contributed by atoms with Crippen LogP contribution in [-0.4, -0.2) is 23.9 Å². The van der Waals surface area contributed by atoms with Crippen molar-refractivity contribution in [3.05, 3.63) is 119 Å². The highest BCUT2D eigenvalue weighted by atomic mass is 16.5. The number of benzene rings is 3. The van der Waals surface area contributed by atoms with E-state index >= 15 is 0 Å². The number of carbonyl (C=O) groups excluding carboxylic acids is 2. The van der Waals surface area contributed by atoms with Crippen LogP contribution in [0.5, 0.6) is 11.5 Å². The van der Waals surface area contributed by atoms with Gasteiger partial charge in [0.15, 0.2) is 0 Å². The number of aliphatic hydroxyl groups excluding tert-OH is 1. The fourth-order valence-electron chi connectivity index (χ4n) is 4.56. The quantitative estimate of drug-likeness (QED) is 0.184. The van der Waals surface area contributed by atoms with E-state index in [2.05, 4.69) is 0 Å². The molecule has 1 amide bonds. The van der Waals surface area contributed by atoms with Crippen molar-refractivity contribution in [3.63, 3.8) is 0 Å². The van der Waals surface area contributed by atoms with Crippen LogP contribution in [0.25, 0.3) is 5.76 Å². The first-order valence-corrected chi connectivity index (χ1v) is 12.2. The molecule has 1 aromatic heterocycles. The monoisotopic (exact) mass is 509 g/mol. The third kappa shape index (κ3) is 4.66. The van der Waals surface area contributed by atoms with Crippen molar-refractivity contribution < 1.29 is 28.6 Å². The van der Waals surface area contributed by atoms with Crippen molar-refractivity contribution in [1.82, 2.24) is 0 Å². The molecule has 1 saturated heterocycles. The van der Waals surface area contributed by atoms with Gasteiger partial charge in [0.1, 0.15) is 41.4 Å². The fraction of sp³-hybridized carbons (Fsp3) is 0.161. The highest BCUT2D eigenvalue weighted by Gasteiger charge is 2.48. The number of hydrogen-bond acceptors (Lipinski definition) is 6. The molecule has 0 bridgehead atoms. The van der Waals surface area contributed by atoms with Crippen LogP contribution in [0.2, 0.25) is 0 Å². The van der Waals surface area contributed by atoms with E-state index in [1.54, 1.807) is 68.6 Å². The number of aryl methyl sites for hydroxylation is 2. The number of ether oxygens (including phenoxy) is 2. The van der Waals surface area contributed by atoms with E-state index in [9.17, 15) is 14.7 Å². The molecule has 192 valence electrons. The number of hydrogen-bond donors (Lipinski definition) is 1. The van der Waals surface area contributed by atoms with Crippen LogP contribution in [0.1, 0.15) is 34.3 Å². The van der Waals surface area contributed by atoms with Gasteiger partial charge in [-0.2, -0.15) is 0 Å². The lowest BCUT2D eigenvalue weighted by molar-refractivity contribution is -0.132. The zero-order valence-electron chi connectivity index (χ0n) is 21.3. The molecule has 1 unspecified atom stereocenters. The maximum Gasteiger partial charge on any atom is 0.300 e. The molecule has 1 fully saturated rings. The average Bonchev–Trinajstić information content (AvgIpc) is 3.48. The predicted molar refractivity (Wildman–Crippen MR) is 143 cm³/mol. The van der Waals surface area contributed by atoms with Gasteiger partial charge in [-0.05, 0) is 79.6 Å². The summed E-state index contributed by atoms with van der Waals surface area (Å²) in [4.78, 5) is 27.9. The first-order valence-electron chi connectivity index (χ1n) is 12.2. The molecule has 1 aliphatic rings. The molecule has 0 saturated carbocycles. The summed E-state index contributed by atoms with van der Waals surface area (Å²) >= 11 is 0. The molecule has 4 aromatic rings. The number of anilines is 1. The number of aliphatic hydroxyl groups is 1. The van der Waals surface area contributed by atoms with Crippen molar-refractivity contribution >= 4 is 23.1 Å². The summed E-state index contributed by atoms with van der Waals surface area (Å²) in [7, 11) is 1.55. The number of carbonyl (C=O) groups is 2. The van der Waals surface area contributed by atoms with Crippen LogP contribution < -0.4 is 14.4 Å². The molecule has 2 heterocycles. The maximum atomic E-state index is 13.3. The van der Waals surface area contributed by atoms with Gasteiger partial charge in [0.05, 0.1) is 12.7 Å². The highest BCUT2D eigenvalue weighted by molar-refractivity contribution is 6.51. The number of amides is 1. The first kappa shape index (κ1) is 24.9. The molecule has 7 nitrogen and oxygen atoms in total. The summed E-state index contributed by atoms with van der Waals surface area (Å²) in [5.74, 6) is 0.434. The van der Waals surface area contributed by atoms with Gasteiger partial charge in [0.25, 0.3) is 11.7 Å². The molecular weight excluding hydrogens is 482 g/mol. The van der Waals surface area contributed by atoms with E-state index < -0.39 is 17.7 Å². The highest BCUT2D eigenvalue weighted by Crippen LogP contribution is 2.43. The molecule has 1 aliphatic heterocycles. The number of furan rings is 1. The van der Waals surface area contributed by atoms with Gasteiger partial charge < -0.3 is 19.0 Å². The molecule has 7 heteroatoms. The van der Waals surface area contributed by atoms with E-state index in [0.717, 1.165) is 11.1 Å². The minimum absolute atomic E-state index is 0.0440. The third-order valence-electron chi connectivity index (χ3n) is 6.51. The van der Waals surface area contributed by atoms with E-state index in [1.165, 1.54) is 4.90 Å². The Hall–Kier alpha value is -4.78. The standard InChI is InChI=1S/C31H27NO6/c1-19-17-22(10-16-25(19)37-18-21-7-5-4-6-8-21)29(33)27-28(26-15-9-20(2)38-26)32(31(35)30(27)34)23-11-13-24(36-3)14-12-23/h4-17,28,33H,18H2,1-3H3/b29-27-. The zero-order chi connectivity index (χ0) is 26.8. The van der Waals surface area contributed by atoms with Crippen LogP contribution >= 0.6 is 0 Å². The van der Waals surface area contributed by atoms with Gasteiger partial charge in [-0.1, -0.05) is 30.3 Å². The van der Waals surface area contributed by atoms with Gasteiger partial charge in [-0.3, -0.25) is 14.5 Å². The second-order valence-electron chi connectivity index (χ2n) is 9.07. The number of Topliss-reactive ketones (excluding diaryl/α,β-unsaturated/α-hetero) is 1.